The van der Waals surface area contributed by atoms with E-state index in [2.05, 4.69) is 20.4 Å². The monoisotopic (exact) mass is 262 g/mol. The van der Waals surface area contributed by atoms with Crippen molar-refractivity contribution < 1.29 is 4.79 Å². The van der Waals surface area contributed by atoms with Crippen molar-refractivity contribution in [3.63, 3.8) is 0 Å². The molecule has 5 nitrogen and oxygen atoms in total. The molecule has 1 atom stereocenters. The van der Waals surface area contributed by atoms with Gasteiger partial charge >= 0.3 is 0 Å². The normalized spacial score (nSPS) is 19.3. The van der Waals surface area contributed by atoms with Crippen LogP contribution < -0.4 is 10.2 Å². The lowest BCUT2D eigenvalue weighted by Crippen LogP contribution is -2.37. The molecule has 0 radical (unpaired) electrons. The summed E-state index contributed by atoms with van der Waals surface area (Å²) in [6.45, 7) is 6.34. The van der Waals surface area contributed by atoms with Crippen molar-refractivity contribution in [1.29, 1.82) is 0 Å². The van der Waals surface area contributed by atoms with Gasteiger partial charge in [0.25, 0.3) is 0 Å². The molecule has 2 heterocycles. The SMILES string of the molecule is CC(=O)NCC[C@H]1CCCN(c2ccc(C)nn2)C1. The van der Waals surface area contributed by atoms with E-state index in [1.165, 1.54) is 12.8 Å². The number of carbonyl (C=O) groups is 1. The number of piperidine rings is 1. The third-order valence-electron chi connectivity index (χ3n) is 3.55. The van der Waals surface area contributed by atoms with Crippen molar-refractivity contribution in [2.45, 2.75) is 33.1 Å². The number of anilines is 1. The van der Waals surface area contributed by atoms with Crippen LogP contribution in [0.2, 0.25) is 0 Å². The molecule has 1 aromatic heterocycles. The minimum Gasteiger partial charge on any atom is -0.356 e. The molecule has 1 aliphatic rings. The van der Waals surface area contributed by atoms with E-state index in [1.54, 1.807) is 6.92 Å². The fourth-order valence-corrected chi connectivity index (χ4v) is 2.52. The molecule has 1 N–H and O–H groups in total. The molecule has 104 valence electrons. The molecule has 1 amide bonds. The first-order chi connectivity index (χ1) is 9.15. The van der Waals surface area contributed by atoms with Crippen molar-refractivity contribution in [2.75, 3.05) is 24.5 Å². The quantitative estimate of drug-likeness (QED) is 0.894. The van der Waals surface area contributed by atoms with Crippen molar-refractivity contribution >= 4 is 11.7 Å². The summed E-state index contributed by atoms with van der Waals surface area (Å²) in [5.41, 5.74) is 0.947. The second kappa shape index (κ2) is 6.50. The highest BCUT2D eigenvalue weighted by Gasteiger charge is 2.20. The largest absolute Gasteiger partial charge is 0.356 e. The van der Waals surface area contributed by atoms with Gasteiger partial charge in [0.05, 0.1) is 5.69 Å². The Kier molecular flexibility index (Phi) is 4.71. The van der Waals surface area contributed by atoms with Crippen LogP contribution >= 0.6 is 0 Å². The second-order valence-electron chi connectivity index (χ2n) is 5.26. The van der Waals surface area contributed by atoms with Crippen LogP contribution in [0.1, 0.15) is 31.9 Å². The van der Waals surface area contributed by atoms with Gasteiger partial charge in [0, 0.05) is 26.6 Å². The molecule has 0 spiro atoms. The van der Waals surface area contributed by atoms with Gasteiger partial charge in [0.1, 0.15) is 0 Å². The number of hydrogen-bond donors (Lipinski definition) is 1. The molecule has 0 aromatic carbocycles. The topological polar surface area (TPSA) is 58.1 Å². The Labute approximate surface area is 114 Å². The van der Waals surface area contributed by atoms with E-state index in [1.807, 2.05) is 19.1 Å². The third-order valence-corrected chi connectivity index (χ3v) is 3.55. The summed E-state index contributed by atoms with van der Waals surface area (Å²) >= 11 is 0. The Hall–Kier alpha value is -1.65. The number of nitrogens with zero attached hydrogens (tertiary/aromatic N) is 3. The maximum absolute atomic E-state index is 10.9. The Morgan fingerprint density at radius 2 is 2.32 bits per heavy atom. The minimum atomic E-state index is 0.0528. The maximum Gasteiger partial charge on any atom is 0.216 e. The van der Waals surface area contributed by atoms with Gasteiger partial charge in [-0.05, 0) is 44.2 Å². The van der Waals surface area contributed by atoms with Crippen LogP contribution in [0.15, 0.2) is 12.1 Å². The number of hydrogen-bond acceptors (Lipinski definition) is 4. The molecule has 0 unspecified atom stereocenters. The van der Waals surface area contributed by atoms with Gasteiger partial charge in [0.15, 0.2) is 5.82 Å². The van der Waals surface area contributed by atoms with Crippen LogP contribution in [-0.4, -0.2) is 35.7 Å². The van der Waals surface area contributed by atoms with Crippen molar-refractivity contribution in [2.24, 2.45) is 5.92 Å². The molecular weight excluding hydrogens is 240 g/mol. The van der Waals surface area contributed by atoms with Crippen LogP contribution in [0.5, 0.6) is 0 Å². The number of aryl methyl sites for hydroxylation is 1. The Morgan fingerprint density at radius 3 is 3.00 bits per heavy atom. The zero-order valence-electron chi connectivity index (χ0n) is 11.7. The highest BCUT2D eigenvalue weighted by molar-refractivity contribution is 5.72. The van der Waals surface area contributed by atoms with Gasteiger partial charge in [0.2, 0.25) is 5.91 Å². The lowest BCUT2D eigenvalue weighted by atomic mass is 9.95. The number of amides is 1. The van der Waals surface area contributed by atoms with E-state index in [0.717, 1.165) is 37.6 Å². The Morgan fingerprint density at radius 1 is 1.47 bits per heavy atom. The summed E-state index contributed by atoms with van der Waals surface area (Å²) in [7, 11) is 0. The molecule has 0 bridgehead atoms. The molecular formula is C14H22N4O. The van der Waals surface area contributed by atoms with E-state index >= 15 is 0 Å². The molecule has 0 saturated carbocycles. The van der Waals surface area contributed by atoms with Gasteiger partial charge in [-0.15, -0.1) is 5.10 Å². The fourth-order valence-electron chi connectivity index (χ4n) is 2.52. The lowest BCUT2D eigenvalue weighted by molar-refractivity contribution is -0.119. The van der Waals surface area contributed by atoms with Gasteiger partial charge in [-0.25, -0.2) is 0 Å². The van der Waals surface area contributed by atoms with E-state index in [9.17, 15) is 4.79 Å². The molecule has 2 rings (SSSR count). The van der Waals surface area contributed by atoms with Crippen LogP contribution in [0.3, 0.4) is 0 Å². The Balaban J connectivity index is 1.86. The smallest absolute Gasteiger partial charge is 0.216 e. The summed E-state index contributed by atoms with van der Waals surface area (Å²) < 4.78 is 0. The lowest BCUT2D eigenvalue weighted by Gasteiger charge is -2.33. The van der Waals surface area contributed by atoms with Crippen LogP contribution in [0, 0.1) is 12.8 Å². The minimum absolute atomic E-state index is 0.0528. The van der Waals surface area contributed by atoms with E-state index in [4.69, 9.17) is 0 Å². The van der Waals surface area contributed by atoms with Gasteiger partial charge in [-0.1, -0.05) is 0 Å². The van der Waals surface area contributed by atoms with Crippen molar-refractivity contribution in [3.8, 4) is 0 Å². The Bertz CT molecular complexity index is 418. The number of rotatable bonds is 4. The molecule has 5 heteroatoms. The summed E-state index contributed by atoms with van der Waals surface area (Å²) in [4.78, 5) is 13.2. The predicted octanol–water partition coefficient (Wildman–Crippen LogP) is 1.53. The van der Waals surface area contributed by atoms with E-state index in [-0.39, 0.29) is 5.91 Å². The maximum atomic E-state index is 10.9. The number of aromatic nitrogens is 2. The van der Waals surface area contributed by atoms with Gasteiger partial charge in [-0.2, -0.15) is 5.10 Å². The zero-order chi connectivity index (χ0) is 13.7. The first kappa shape index (κ1) is 13.8. The van der Waals surface area contributed by atoms with Crippen LogP contribution in [-0.2, 0) is 4.79 Å². The average Bonchev–Trinajstić information content (AvgIpc) is 2.39. The van der Waals surface area contributed by atoms with Crippen molar-refractivity contribution in [3.05, 3.63) is 17.8 Å². The number of nitrogens with one attached hydrogen (secondary N) is 1. The first-order valence-electron chi connectivity index (χ1n) is 6.95. The highest BCUT2D eigenvalue weighted by Crippen LogP contribution is 2.23. The molecule has 0 aliphatic carbocycles. The van der Waals surface area contributed by atoms with Gasteiger partial charge < -0.3 is 10.2 Å². The van der Waals surface area contributed by atoms with Crippen LogP contribution in [0.4, 0.5) is 5.82 Å². The predicted molar refractivity (Wildman–Crippen MR) is 75.0 cm³/mol. The fraction of sp³-hybridized carbons (Fsp3) is 0.643. The summed E-state index contributed by atoms with van der Waals surface area (Å²) in [6, 6.07) is 4.04. The zero-order valence-corrected chi connectivity index (χ0v) is 11.7. The summed E-state index contributed by atoms with van der Waals surface area (Å²) in [5.74, 6) is 1.65. The molecule has 19 heavy (non-hydrogen) atoms. The molecule has 1 fully saturated rings. The average molecular weight is 262 g/mol. The second-order valence-corrected chi connectivity index (χ2v) is 5.26. The van der Waals surface area contributed by atoms with E-state index < -0.39 is 0 Å². The first-order valence-corrected chi connectivity index (χ1v) is 6.95. The third kappa shape index (κ3) is 4.19. The van der Waals surface area contributed by atoms with Gasteiger partial charge in [-0.3, -0.25) is 4.79 Å². The molecule has 1 aliphatic heterocycles. The highest BCUT2D eigenvalue weighted by atomic mass is 16.1. The standard InChI is InChI=1S/C14H22N4O/c1-11-5-6-14(17-16-11)18-9-3-4-13(10-18)7-8-15-12(2)19/h5-6,13H,3-4,7-10H2,1-2H3,(H,15,19)/t13-/m1/s1. The number of carbonyl (C=O) groups excluding carboxylic acids is 1. The van der Waals surface area contributed by atoms with Crippen molar-refractivity contribution in [1.82, 2.24) is 15.5 Å². The summed E-state index contributed by atoms with van der Waals surface area (Å²) in [5, 5.41) is 11.2. The van der Waals surface area contributed by atoms with Crippen LogP contribution in [0.25, 0.3) is 0 Å². The summed E-state index contributed by atoms with van der Waals surface area (Å²) in [6.07, 6.45) is 3.45. The van der Waals surface area contributed by atoms with E-state index in [0.29, 0.717) is 5.92 Å². The molecule has 1 saturated heterocycles. The molecule has 1 aromatic rings.